The fourth-order valence-corrected chi connectivity index (χ4v) is 1.82. The van der Waals surface area contributed by atoms with Gasteiger partial charge in [-0.15, -0.1) is 0 Å². The van der Waals surface area contributed by atoms with Crippen molar-refractivity contribution in [2.45, 2.75) is 13.8 Å². The van der Waals surface area contributed by atoms with Crippen LogP contribution in [0.5, 0.6) is 0 Å². The Labute approximate surface area is 102 Å². The van der Waals surface area contributed by atoms with Crippen molar-refractivity contribution < 1.29 is 0 Å². The summed E-state index contributed by atoms with van der Waals surface area (Å²) < 4.78 is 0. The lowest BCUT2D eigenvalue weighted by molar-refractivity contribution is 1.12. The average Bonchev–Trinajstić information content (AvgIpc) is 2.28. The molecule has 0 unspecified atom stereocenters. The summed E-state index contributed by atoms with van der Waals surface area (Å²) in [6.07, 6.45) is 1.83. The number of aromatic nitrogens is 1. The quantitative estimate of drug-likeness (QED) is 0.857. The first-order chi connectivity index (χ1) is 8.08. The number of hydrogen-bond donors (Lipinski definition) is 1. The standard InChI is InChI=1S/C14H17N3/c1-10-5-4-6-12(7-10)17(3)14-13(15)8-11(2)9-16-14/h4-9H,15H2,1-3H3. The van der Waals surface area contributed by atoms with Gasteiger partial charge in [-0.05, 0) is 43.2 Å². The van der Waals surface area contributed by atoms with Gasteiger partial charge in [0.2, 0.25) is 0 Å². The van der Waals surface area contributed by atoms with Gasteiger partial charge in [0, 0.05) is 18.9 Å². The molecule has 0 aliphatic carbocycles. The van der Waals surface area contributed by atoms with Crippen molar-refractivity contribution in [3.8, 4) is 0 Å². The Morgan fingerprint density at radius 2 is 1.88 bits per heavy atom. The molecule has 0 saturated carbocycles. The first kappa shape index (κ1) is 11.5. The van der Waals surface area contributed by atoms with Gasteiger partial charge in [-0.2, -0.15) is 0 Å². The molecule has 3 heteroatoms. The van der Waals surface area contributed by atoms with E-state index in [4.69, 9.17) is 5.73 Å². The first-order valence-electron chi connectivity index (χ1n) is 5.60. The number of rotatable bonds is 2. The van der Waals surface area contributed by atoms with Crippen molar-refractivity contribution in [1.29, 1.82) is 0 Å². The lowest BCUT2D eigenvalue weighted by atomic mass is 10.2. The topological polar surface area (TPSA) is 42.2 Å². The maximum absolute atomic E-state index is 5.99. The molecule has 2 rings (SSSR count). The maximum Gasteiger partial charge on any atom is 0.155 e. The third-order valence-electron chi connectivity index (χ3n) is 2.74. The van der Waals surface area contributed by atoms with Gasteiger partial charge in [0.25, 0.3) is 0 Å². The minimum atomic E-state index is 0.703. The van der Waals surface area contributed by atoms with Gasteiger partial charge in [-0.25, -0.2) is 4.98 Å². The molecular weight excluding hydrogens is 210 g/mol. The second-order valence-corrected chi connectivity index (χ2v) is 4.32. The van der Waals surface area contributed by atoms with Crippen LogP contribution >= 0.6 is 0 Å². The number of anilines is 3. The molecule has 0 aliphatic heterocycles. The van der Waals surface area contributed by atoms with Crippen LogP contribution in [-0.4, -0.2) is 12.0 Å². The van der Waals surface area contributed by atoms with E-state index >= 15 is 0 Å². The minimum absolute atomic E-state index is 0.703. The lowest BCUT2D eigenvalue weighted by Gasteiger charge is -2.20. The minimum Gasteiger partial charge on any atom is -0.396 e. The van der Waals surface area contributed by atoms with E-state index in [0.29, 0.717) is 5.69 Å². The maximum atomic E-state index is 5.99. The highest BCUT2D eigenvalue weighted by Crippen LogP contribution is 2.27. The van der Waals surface area contributed by atoms with Crippen LogP contribution in [0.25, 0.3) is 0 Å². The van der Waals surface area contributed by atoms with E-state index in [9.17, 15) is 0 Å². The van der Waals surface area contributed by atoms with Crippen molar-refractivity contribution in [3.05, 3.63) is 47.7 Å². The summed E-state index contributed by atoms with van der Waals surface area (Å²) in [6, 6.07) is 10.2. The van der Waals surface area contributed by atoms with Crippen LogP contribution < -0.4 is 10.6 Å². The number of aryl methyl sites for hydroxylation is 2. The largest absolute Gasteiger partial charge is 0.396 e. The van der Waals surface area contributed by atoms with E-state index in [1.165, 1.54) is 5.56 Å². The highest BCUT2D eigenvalue weighted by molar-refractivity contribution is 5.71. The zero-order valence-corrected chi connectivity index (χ0v) is 10.4. The molecule has 0 spiro atoms. The van der Waals surface area contributed by atoms with Gasteiger partial charge < -0.3 is 10.6 Å². The molecule has 2 N–H and O–H groups in total. The van der Waals surface area contributed by atoms with Gasteiger partial charge in [0.15, 0.2) is 5.82 Å². The summed E-state index contributed by atoms with van der Waals surface area (Å²) in [5.41, 5.74) is 10.1. The van der Waals surface area contributed by atoms with Crippen LogP contribution in [-0.2, 0) is 0 Å². The van der Waals surface area contributed by atoms with E-state index in [2.05, 4.69) is 24.0 Å². The molecule has 0 radical (unpaired) electrons. The Bertz CT molecular complexity index is 535. The van der Waals surface area contributed by atoms with E-state index in [1.54, 1.807) is 0 Å². The van der Waals surface area contributed by atoms with Crippen molar-refractivity contribution in [1.82, 2.24) is 4.98 Å². The van der Waals surface area contributed by atoms with Crippen LogP contribution in [0.15, 0.2) is 36.5 Å². The molecule has 0 atom stereocenters. The van der Waals surface area contributed by atoms with Crippen LogP contribution in [0.2, 0.25) is 0 Å². The number of pyridine rings is 1. The third-order valence-corrected chi connectivity index (χ3v) is 2.74. The summed E-state index contributed by atoms with van der Waals surface area (Å²) in [5.74, 6) is 0.793. The Balaban J connectivity index is 2.40. The summed E-state index contributed by atoms with van der Waals surface area (Å²) in [7, 11) is 1.98. The predicted octanol–water partition coefficient (Wildman–Crippen LogP) is 3.05. The highest BCUT2D eigenvalue weighted by atomic mass is 15.2. The SMILES string of the molecule is Cc1cccc(N(C)c2ncc(C)cc2N)c1. The molecule has 3 nitrogen and oxygen atoms in total. The van der Waals surface area contributed by atoms with Crippen LogP contribution in [0.1, 0.15) is 11.1 Å². The fourth-order valence-electron chi connectivity index (χ4n) is 1.82. The Morgan fingerprint density at radius 3 is 2.53 bits per heavy atom. The smallest absolute Gasteiger partial charge is 0.155 e. The molecule has 88 valence electrons. The lowest BCUT2D eigenvalue weighted by Crippen LogP contribution is -2.13. The van der Waals surface area contributed by atoms with E-state index in [0.717, 1.165) is 17.1 Å². The van der Waals surface area contributed by atoms with E-state index in [-0.39, 0.29) is 0 Å². The second-order valence-electron chi connectivity index (χ2n) is 4.32. The molecule has 17 heavy (non-hydrogen) atoms. The molecule has 1 aromatic heterocycles. The van der Waals surface area contributed by atoms with Gasteiger partial charge in [0.05, 0.1) is 5.69 Å². The second kappa shape index (κ2) is 4.45. The van der Waals surface area contributed by atoms with Crippen molar-refractivity contribution in [2.75, 3.05) is 17.7 Å². The molecule has 0 saturated heterocycles. The third kappa shape index (κ3) is 2.38. The number of nitrogens with two attached hydrogens (primary N) is 1. The first-order valence-corrected chi connectivity index (χ1v) is 5.60. The van der Waals surface area contributed by atoms with E-state index in [1.807, 2.05) is 43.3 Å². The zero-order chi connectivity index (χ0) is 12.4. The molecule has 0 bridgehead atoms. The molecule has 1 aromatic carbocycles. The molecule has 1 heterocycles. The molecule has 0 amide bonds. The molecule has 0 fully saturated rings. The van der Waals surface area contributed by atoms with Crippen molar-refractivity contribution in [2.24, 2.45) is 0 Å². The zero-order valence-electron chi connectivity index (χ0n) is 10.4. The molecule has 2 aromatic rings. The van der Waals surface area contributed by atoms with Gasteiger partial charge in [-0.3, -0.25) is 0 Å². The Kier molecular flexibility index (Phi) is 3.00. The monoisotopic (exact) mass is 227 g/mol. The molecular formula is C14H17N3. The average molecular weight is 227 g/mol. The Hall–Kier alpha value is -2.03. The summed E-state index contributed by atoms with van der Waals surface area (Å²) in [6.45, 7) is 4.06. The van der Waals surface area contributed by atoms with E-state index < -0.39 is 0 Å². The summed E-state index contributed by atoms with van der Waals surface area (Å²) in [5, 5.41) is 0. The fraction of sp³-hybridized carbons (Fsp3) is 0.214. The number of nitrogen functional groups attached to an aromatic ring is 1. The Morgan fingerprint density at radius 1 is 1.12 bits per heavy atom. The van der Waals surface area contributed by atoms with Gasteiger partial charge in [-0.1, -0.05) is 12.1 Å². The number of nitrogens with zero attached hydrogens (tertiary/aromatic N) is 2. The van der Waals surface area contributed by atoms with Crippen molar-refractivity contribution >= 4 is 17.2 Å². The van der Waals surface area contributed by atoms with Crippen molar-refractivity contribution in [3.63, 3.8) is 0 Å². The molecule has 0 aliphatic rings. The normalized spacial score (nSPS) is 10.3. The van der Waals surface area contributed by atoms with Gasteiger partial charge >= 0.3 is 0 Å². The number of benzene rings is 1. The van der Waals surface area contributed by atoms with Crippen LogP contribution in [0, 0.1) is 13.8 Å². The highest BCUT2D eigenvalue weighted by Gasteiger charge is 2.09. The predicted molar refractivity (Wildman–Crippen MR) is 72.6 cm³/mol. The summed E-state index contributed by atoms with van der Waals surface area (Å²) in [4.78, 5) is 6.39. The number of hydrogen-bond acceptors (Lipinski definition) is 3. The van der Waals surface area contributed by atoms with Gasteiger partial charge in [0.1, 0.15) is 0 Å². The van der Waals surface area contributed by atoms with Crippen LogP contribution in [0.4, 0.5) is 17.2 Å². The summed E-state index contributed by atoms with van der Waals surface area (Å²) >= 11 is 0. The van der Waals surface area contributed by atoms with Crippen LogP contribution in [0.3, 0.4) is 0 Å².